The van der Waals surface area contributed by atoms with Gasteiger partial charge < -0.3 is 10.1 Å². The van der Waals surface area contributed by atoms with Crippen LogP contribution < -0.4 is 10.1 Å². The van der Waals surface area contributed by atoms with Crippen LogP contribution in [0.25, 0.3) is 0 Å². The van der Waals surface area contributed by atoms with Gasteiger partial charge in [0, 0.05) is 11.0 Å². The summed E-state index contributed by atoms with van der Waals surface area (Å²) in [7, 11) is 0. The monoisotopic (exact) mass is 253 g/mol. The number of alkyl halides is 2. The van der Waals surface area contributed by atoms with Gasteiger partial charge in [-0.25, -0.2) is 13.6 Å². The normalized spacial score (nSPS) is 32.4. The van der Waals surface area contributed by atoms with E-state index < -0.39 is 23.5 Å². The Labute approximate surface area is 103 Å². The summed E-state index contributed by atoms with van der Waals surface area (Å²) < 4.78 is 30.3. The van der Waals surface area contributed by atoms with Crippen LogP contribution >= 0.6 is 0 Å². The molecular weight excluding hydrogens is 240 g/mol. The molecule has 0 aliphatic heterocycles. The molecule has 18 heavy (non-hydrogen) atoms. The van der Waals surface area contributed by atoms with E-state index in [1.165, 1.54) is 0 Å². The quantitative estimate of drug-likeness (QED) is 0.899. The molecule has 1 N–H and O–H groups in total. The van der Waals surface area contributed by atoms with Crippen molar-refractivity contribution in [1.82, 2.24) is 5.32 Å². The molecule has 96 valence electrons. The molecule has 0 radical (unpaired) electrons. The third-order valence-electron chi connectivity index (χ3n) is 3.86. The first kappa shape index (κ1) is 11.4. The van der Waals surface area contributed by atoms with Crippen molar-refractivity contribution in [3.05, 3.63) is 30.3 Å². The Bertz CT molecular complexity index is 455. The Balaban J connectivity index is 1.53. The van der Waals surface area contributed by atoms with Gasteiger partial charge in [-0.15, -0.1) is 0 Å². The van der Waals surface area contributed by atoms with Crippen LogP contribution in [0.4, 0.5) is 13.6 Å². The maximum atomic E-state index is 12.6. The van der Waals surface area contributed by atoms with Crippen LogP contribution in [0.15, 0.2) is 30.3 Å². The highest BCUT2D eigenvalue weighted by Crippen LogP contribution is 2.69. The maximum absolute atomic E-state index is 12.6. The fourth-order valence-corrected chi connectivity index (χ4v) is 3.07. The number of rotatable bonds is 3. The molecule has 1 amide bonds. The standard InChI is InChI=1S/C13H13F2NO2/c14-10(15)12-6-13(7-12,8-12)16-11(17)18-9-4-2-1-3-5-9/h1-5,10H,6-8H2,(H,16,17). The minimum absolute atomic E-state index is 0.363. The Kier molecular flexibility index (Phi) is 2.33. The number of amides is 1. The second kappa shape index (κ2) is 3.67. The number of halogens is 2. The van der Waals surface area contributed by atoms with Crippen LogP contribution in [0.3, 0.4) is 0 Å². The first-order valence-electron chi connectivity index (χ1n) is 5.87. The lowest BCUT2D eigenvalue weighted by atomic mass is 9.39. The number of ether oxygens (including phenoxy) is 1. The fourth-order valence-electron chi connectivity index (χ4n) is 3.07. The van der Waals surface area contributed by atoms with E-state index in [9.17, 15) is 13.6 Å². The maximum Gasteiger partial charge on any atom is 0.413 e. The van der Waals surface area contributed by atoms with Gasteiger partial charge in [0.15, 0.2) is 0 Å². The van der Waals surface area contributed by atoms with Gasteiger partial charge in [-0.1, -0.05) is 18.2 Å². The van der Waals surface area contributed by atoms with Gasteiger partial charge in [0.1, 0.15) is 5.75 Å². The molecule has 3 aliphatic carbocycles. The van der Waals surface area contributed by atoms with Crippen LogP contribution in [-0.2, 0) is 0 Å². The molecule has 3 saturated carbocycles. The molecule has 0 spiro atoms. The van der Waals surface area contributed by atoms with Gasteiger partial charge in [0.05, 0.1) is 0 Å². The molecule has 2 bridgehead atoms. The summed E-state index contributed by atoms with van der Waals surface area (Å²) >= 11 is 0. The summed E-state index contributed by atoms with van der Waals surface area (Å²) in [5, 5.41) is 2.69. The average molecular weight is 253 g/mol. The highest BCUT2D eigenvalue weighted by molar-refractivity contribution is 5.72. The van der Waals surface area contributed by atoms with E-state index >= 15 is 0 Å². The third-order valence-corrected chi connectivity index (χ3v) is 3.86. The second-order valence-corrected chi connectivity index (χ2v) is 5.30. The van der Waals surface area contributed by atoms with E-state index in [-0.39, 0.29) is 0 Å². The van der Waals surface area contributed by atoms with E-state index in [1.54, 1.807) is 24.3 Å². The van der Waals surface area contributed by atoms with Crippen LogP contribution in [0.2, 0.25) is 0 Å². The summed E-state index contributed by atoms with van der Waals surface area (Å²) in [6.45, 7) is 0. The summed E-state index contributed by atoms with van der Waals surface area (Å²) in [5.41, 5.74) is -1.28. The van der Waals surface area contributed by atoms with Crippen LogP contribution in [0, 0.1) is 5.41 Å². The molecule has 0 unspecified atom stereocenters. The van der Waals surface area contributed by atoms with Crippen LogP contribution in [0.5, 0.6) is 5.75 Å². The van der Waals surface area contributed by atoms with E-state index in [2.05, 4.69) is 5.32 Å². The van der Waals surface area contributed by atoms with Gasteiger partial charge in [-0.2, -0.15) is 0 Å². The number of carbonyl (C=O) groups is 1. The molecule has 0 atom stereocenters. The molecule has 3 fully saturated rings. The minimum atomic E-state index is -2.29. The van der Waals surface area contributed by atoms with Crippen molar-refractivity contribution in [3.63, 3.8) is 0 Å². The Morgan fingerprint density at radius 2 is 1.83 bits per heavy atom. The lowest BCUT2D eigenvalue weighted by molar-refractivity contribution is -0.224. The van der Waals surface area contributed by atoms with Crippen molar-refractivity contribution in [1.29, 1.82) is 0 Å². The predicted molar refractivity (Wildman–Crippen MR) is 60.6 cm³/mol. The zero-order valence-electron chi connectivity index (χ0n) is 9.66. The molecule has 5 heteroatoms. The largest absolute Gasteiger partial charge is 0.413 e. The lowest BCUT2D eigenvalue weighted by Gasteiger charge is -2.69. The number of hydrogen-bond acceptors (Lipinski definition) is 2. The van der Waals surface area contributed by atoms with E-state index in [1.807, 2.05) is 6.07 Å². The molecule has 0 saturated heterocycles. The predicted octanol–water partition coefficient (Wildman–Crippen LogP) is 2.96. The molecular formula is C13H13F2NO2. The molecule has 1 aromatic rings. The van der Waals surface area contributed by atoms with Crippen molar-refractivity contribution < 1.29 is 18.3 Å². The first-order chi connectivity index (χ1) is 8.54. The number of carbonyl (C=O) groups excluding carboxylic acids is 1. The third kappa shape index (κ3) is 1.65. The van der Waals surface area contributed by atoms with Gasteiger partial charge in [0.25, 0.3) is 0 Å². The number of benzene rings is 1. The van der Waals surface area contributed by atoms with E-state index in [0.717, 1.165) is 0 Å². The van der Waals surface area contributed by atoms with Crippen molar-refractivity contribution in [3.8, 4) is 5.75 Å². The number of hydrogen-bond donors (Lipinski definition) is 1. The van der Waals surface area contributed by atoms with Gasteiger partial charge >= 0.3 is 6.09 Å². The number of para-hydroxylation sites is 1. The zero-order valence-corrected chi connectivity index (χ0v) is 9.66. The van der Waals surface area contributed by atoms with Crippen molar-refractivity contribution in [2.24, 2.45) is 5.41 Å². The molecule has 3 aliphatic rings. The molecule has 0 aromatic heterocycles. The first-order valence-corrected chi connectivity index (χ1v) is 5.87. The number of nitrogens with one attached hydrogen (secondary N) is 1. The van der Waals surface area contributed by atoms with Crippen molar-refractivity contribution >= 4 is 6.09 Å². The summed E-state index contributed by atoms with van der Waals surface area (Å²) in [6, 6.07) is 8.67. The van der Waals surface area contributed by atoms with Crippen LogP contribution in [-0.4, -0.2) is 18.1 Å². The Morgan fingerprint density at radius 1 is 1.22 bits per heavy atom. The Hall–Kier alpha value is -1.65. The van der Waals surface area contributed by atoms with Gasteiger partial charge in [-0.3, -0.25) is 0 Å². The van der Waals surface area contributed by atoms with Gasteiger partial charge in [0.2, 0.25) is 6.43 Å². The molecule has 4 rings (SSSR count). The second-order valence-electron chi connectivity index (χ2n) is 5.30. The molecule has 3 nitrogen and oxygen atoms in total. The SMILES string of the molecule is O=C(NC12CC(C(F)F)(C1)C2)Oc1ccccc1. The highest BCUT2D eigenvalue weighted by Gasteiger charge is 2.72. The Morgan fingerprint density at radius 3 is 2.39 bits per heavy atom. The van der Waals surface area contributed by atoms with Crippen molar-refractivity contribution in [2.45, 2.75) is 31.2 Å². The zero-order chi connectivity index (χ0) is 12.8. The fraction of sp³-hybridized carbons (Fsp3) is 0.462. The molecule has 1 aromatic carbocycles. The molecule has 0 heterocycles. The smallest absolute Gasteiger partial charge is 0.410 e. The van der Waals surface area contributed by atoms with E-state index in [0.29, 0.717) is 25.0 Å². The highest BCUT2D eigenvalue weighted by atomic mass is 19.3. The van der Waals surface area contributed by atoms with E-state index in [4.69, 9.17) is 4.74 Å². The van der Waals surface area contributed by atoms with Gasteiger partial charge in [-0.05, 0) is 31.4 Å². The lowest BCUT2D eigenvalue weighted by Crippen LogP contribution is -2.77. The van der Waals surface area contributed by atoms with Crippen molar-refractivity contribution in [2.75, 3.05) is 0 Å². The summed E-state index contributed by atoms with van der Waals surface area (Å²) in [6.07, 6.45) is -1.76. The van der Waals surface area contributed by atoms with Crippen LogP contribution in [0.1, 0.15) is 19.3 Å². The summed E-state index contributed by atoms with van der Waals surface area (Å²) in [5.74, 6) is 0.449. The minimum Gasteiger partial charge on any atom is -0.410 e. The topological polar surface area (TPSA) is 38.3 Å². The summed E-state index contributed by atoms with van der Waals surface area (Å²) in [4.78, 5) is 11.6. The average Bonchev–Trinajstić information content (AvgIpc) is 2.22.